The third-order valence-electron chi connectivity index (χ3n) is 2.52. The third kappa shape index (κ3) is 1.98. The molecule has 3 N–H and O–H groups in total. The lowest BCUT2D eigenvalue weighted by molar-refractivity contribution is 0.453. The van der Waals surface area contributed by atoms with E-state index in [9.17, 15) is 5.11 Å². The summed E-state index contributed by atoms with van der Waals surface area (Å²) in [4.78, 5) is 3.82. The van der Waals surface area contributed by atoms with Crippen molar-refractivity contribution >= 4 is 0 Å². The Balaban J connectivity index is 2.09. The van der Waals surface area contributed by atoms with E-state index < -0.39 is 0 Å². The van der Waals surface area contributed by atoms with E-state index in [-0.39, 0.29) is 11.8 Å². The first-order valence-corrected chi connectivity index (χ1v) is 4.66. The van der Waals surface area contributed by atoms with Gasteiger partial charge in [-0.2, -0.15) is 0 Å². The Morgan fingerprint density at radius 3 is 3.00 bits per heavy atom. The molecule has 0 radical (unpaired) electrons. The maximum Gasteiger partial charge on any atom is 0.138 e. The van der Waals surface area contributed by atoms with Gasteiger partial charge in [-0.25, -0.2) is 0 Å². The largest absolute Gasteiger partial charge is 0.506 e. The lowest BCUT2D eigenvalue weighted by Gasteiger charge is -2.11. The first kappa shape index (κ1) is 8.51. The zero-order valence-corrected chi connectivity index (χ0v) is 7.48. The Morgan fingerprint density at radius 1 is 1.62 bits per heavy atom. The summed E-state index contributed by atoms with van der Waals surface area (Å²) in [6, 6.07) is 1.76. The van der Waals surface area contributed by atoms with Crippen LogP contribution in [-0.2, 0) is 0 Å². The van der Waals surface area contributed by atoms with Gasteiger partial charge in [0.25, 0.3) is 0 Å². The molecule has 0 aromatic carbocycles. The van der Waals surface area contributed by atoms with E-state index >= 15 is 0 Å². The number of pyridine rings is 1. The summed E-state index contributed by atoms with van der Waals surface area (Å²) in [5, 5.41) is 9.47. The average molecular weight is 178 g/mol. The van der Waals surface area contributed by atoms with Gasteiger partial charge < -0.3 is 10.8 Å². The molecule has 0 amide bonds. The van der Waals surface area contributed by atoms with Crippen LogP contribution >= 0.6 is 0 Å². The third-order valence-corrected chi connectivity index (χ3v) is 2.52. The van der Waals surface area contributed by atoms with E-state index in [0.29, 0.717) is 0 Å². The van der Waals surface area contributed by atoms with Crippen LogP contribution in [0.5, 0.6) is 5.75 Å². The quantitative estimate of drug-likeness (QED) is 0.738. The lowest BCUT2D eigenvalue weighted by Crippen LogP contribution is -2.11. The first-order chi connectivity index (χ1) is 6.27. The fourth-order valence-electron chi connectivity index (χ4n) is 1.55. The molecule has 2 rings (SSSR count). The van der Waals surface area contributed by atoms with Crippen molar-refractivity contribution in [2.75, 3.05) is 0 Å². The molecule has 0 bridgehead atoms. The lowest BCUT2D eigenvalue weighted by atomic mass is 10.0. The van der Waals surface area contributed by atoms with Gasteiger partial charge in [0.1, 0.15) is 5.75 Å². The number of aromatic hydroxyl groups is 1. The molecule has 1 fully saturated rings. The second-order valence-corrected chi connectivity index (χ2v) is 3.72. The topological polar surface area (TPSA) is 59.1 Å². The minimum atomic E-state index is -0.0319. The predicted molar refractivity (Wildman–Crippen MR) is 50.2 cm³/mol. The highest BCUT2D eigenvalue weighted by Gasteiger charge is 2.25. The maximum absolute atomic E-state index is 9.47. The monoisotopic (exact) mass is 178 g/mol. The van der Waals surface area contributed by atoms with Crippen LogP contribution in [0.1, 0.15) is 30.9 Å². The molecule has 1 aromatic heterocycles. The van der Waals surface area contributed by atoms with Crippen LogP contribution in [-0.4, -0.2) is 10.1 Å². The summed E-state index contributed by atoms with van der Waals surface area (Å²) in [5.74, 6) is 0.998. The summed E-state index contributed by atoms with van der Waals surface area (Å²) < 4.78 is 0. The SMILES string of the molecule is N[C@@H](CC1CC1)c1ccncc1O. The van der Waals surface area contributed by atoms with Crippen molar-refractivity contribution in [1.82, 2.24) is 4.98 Å². The molecule has 1 aliphatic rings. The number of hydrogen-bond acceptors (Lipinski definition) is 3. The second kappa shape index (κ2) is 3.34. The summed E-state index contributed by atoms with van der Waals surface area (Å²) >= 11 is 0. The maximum atomic E-state index is 9.47. The van der Waals surface area contributed by atoms with E-state index in [4.69, 9.17) is 5.73 Å². The van der Waals surface area contributed by atoms with Gasteiger partial charge in [-0.05, 0) is 18.4 Å². The highest BCUT2D eigenvalue weighted by Crippen LogP contribution is 2.38. The molecule has 0 unspecified atom stereocenters. The zero-order chi connectivity index (χ0) is 9.26. The number of nitrogens with zero attached hydrogens (tertiary/aromatic N) is 1. The Morgan fingerprint density at radius 2 is 2.38 bits per heavy atom. The van der Waals surface area contributed by atoms with Gasteiger partial charge in [0.15, 0.2) is 0 Å². The average Bonchev–Trinajstić information content (AvgIpc) is 2.89. The van der Waals surface area contributed by atoms with Gasteiger partial charge in [-0.3, -0.25) is 4.98 Å². The molecule has 1 aromatic rings. The van der Waals surface area contributed by atoms with Crippen molar-refractivity contribution in [3.05, 3.63) is 24.0 Å². The number of nitrogens with two attached hydrogens (primary N) is 1. The molecule has 1 atom stereocenters. The Bertz CT molecular complexity index is 297. The molecule has 3 nitrogen and oxygen atoms in total. The van der Waals surface area contributed by atoms with E-state index in [1.165, 1.54) is 19.0 Å². The molecule has 0 saturated heterocycles. The number of hydrogen-bond donors (Lipinski definition) is 2. The van der Waals surface area contributed by atoms with Crippen molar-refractivity contribution in [2.24, 2.45) is 11.7 Å². The van der Waals surface area contributed by atoms with Gasteiger partial charge in [0, 0.05) is 17.8 Å². The predicted octanol–water partition coefficient (Wildman–Crippen LogP) is 1.59. The van der Waals surface area contributed by atoms with Crippen LogP contribution < -0.4 is 5.73 Å². The molecular weight excluding hydrogens is 164 g/mol. The van der Waals surface area contributed by atoms with Crippen LogP contribution in [0.2, 0.25) is 0 Å². The number of rotatable bonds is 3. The highest BCUT2D eigenvalue weighted by atomic mass is 16.3. The smallest absolute Gasteiger partial charge is 0.138 e. The van der Waals surface area contributed by atoms with E-state index in [2.05, 4.69) is 4.98 Å². The Kier molecular flexibility index (Phi) is 2.19. The van der Waals surface area contributed by atoms with Gasteiger partial charge >= 0.3 is 0 Å². The first-order valence-electron chi connectivity index (χ1n) is 4.66. The second-order valence-electron chi connectivity index (χ2n) is 3.72. The normalized spacial score (nSPS) is 18.5. The van der Waals surface area contributed by atoms with Crippen molar-refractivity contribution in [3.8, 4) is 5.75 Å². The highest BCUT2D eigenvalue weighted by molar-refractivity contribution is 5.31. The molecule has 70 valence electrons. The fraction of sp³-hybridized carbons (Fsp3) is 0.500. The van der Waals surface area contributed by atoms with Gasteiger partial charge in [-0.1, -0.05) is 12.8 Å². The van der Waals surface area contributed by atoms with Crippen LogP contribution in [0.3, 0.4) is 0 Å². The van der Waals surface area contributed by atoms with E-state index in [0.717, 1.165) is 17.9 Å². The van der Waals surface area contributed by atoms with E-state index in [1.807, 2.05) is 0 Å². The van der Waals surface area contributed by atoms with Gasteiger partial charge in [0.05, 0.1) is 6.20 Å². The summed E-state index contributed by atoms with van der Waals surface area (Å²) in [5.41, 5.74) is 6.77. The number of aromatic nitrogens is 1. The minimum Gasteiger partial charge on any atom is -0.506 e. The van der Waals surface area contributed by atoms with Gasteiger partial charge in [0.2, 0.25) is 0 Å². The van der Waals surface area contributed by atoms with Crippen molar-refractivity contribution < 1.29 is 5.11 Å². The van der Waals surface area contributed by atoms with Crippen LogP contribution in [0.25, 0.3) is 0 Å². The van der Waals surface area contributed by atoms with Crippen LogP contribution in [0.4, 0.5) is 0 Å². The molecule has 1 heterocycles. The molecule has 1 saturated carbocycles. The van der Waals surface area contributed by atoms with E-state index in [1.54, 1.807) is 12.3 Å². The summed E-state index contributed by atoms with van der Waals surface area (Å²) in [6.07, 6.45) is 6.68. The molecule has 1 aliphatic carbocycles. The molecule has 0 spiro atoms. The summed E-state index contributed by atoms with van der Waals surface area (Å²) in [7, 11) is 0. The zero-order valence-electron chi connectivity index (χ0n) is 7.48. The van der Waals surface area contributed by atoms with Gasteiger partial charge in [-0.15, -0.1) is 0 Å². The Labute approximate surface area is 77.6 Å². The molecular formula is C10H14N2O. The molecule has 13 heavy (non-hydrogen) atoms. The van der Waals surface area contributed by atoms with Crippen molar-refractivity contribution in [2.45, 2.75) is 25.3 Å². The van der Waals surface area contributed by atoms with Crippen molar-refractivity contribution in [1.29, 1.82) is 0 Å². The van der Waals surface area contributed by atoms with Crippen LogP contribution in [0, 0.1) is 5.92 Å². The molecule has 0 aliphatic heterocycles. The summed E-state index contributed by atoms with van der Waals surface area (Å²) in [6.45, 7) is 0. The molecule has 3 heteroatoms. The Hall–Kier alpha value is -1.09. The van der Waals surface area contributed by atoms with Crippen LogP contribution in [0.15, 0.2) is 18.5 Å². The minimum absolute atomic E-state index is 0.0319. The standard InChI is InChI=1S/C10H14N2O/c11-9(5-7-1-2-7)8-3-4-12-6-10(8)13/h3-4,6-7,9,13H,1-2,5,11H2/t9-/m0/s1. The fourth-order valence-corrected chi connectivity index (χ4v) is 1.55. The van der Waals surface area contributed by atoms with Crippen molar-refractivity contribution in [3.63, 3.8) is 0 Å².